The largest absolute Gasteiger partial charge is 0.416 e. The van der Waals surface area contributed by atoms with E-state index in [1.807, 2.05) is 18.7 Å². The number of thioether (sulfide) groups is 1. The first-order valence-corrected chi connectivity index (χ1v) is 8.84. The first kappa shape index (κ1) is 18.0. The lowest BCUT2D eigenvalue weighted by atomic mass is 10.1. The zero-order valence-electron chi connectivity index (χ0n) is 13.1. The number of aliphatic imine (C=N–C) groups is 1. The Balaban J connectivity index is 1.96. The van der Waals surface area contributed by atoms with Crippen molar-refractivity contribution in [3.05, 3.63) is 35.4 Å². The van der Waals surface area contributed by atoms with E-state index in [1.54, 1.807) is 6.07 Å². The van der Waals surface area contributed by atoms with Gasteiger partial charge >= 0.3 is 6.18 Å². The highest BCUT2D eigenvalue weighted by atomic mass is 32.2. The zero-order valence-corrected chi connectivity index (χ0v) is 13.9. The molecule has 128 valence electrons. The van der Waals surface area contributed by atoms with Gasteiger partial charge in [-0.2, -0.15) is 24.9 Å². The quantitative estimate of drug-likeness (QED) is 0.632. The summed E-state index contributed by atoms with van der Waals surface area (Å²) >= 11 is 1.95. The summed E-state index contributed by atoms with van der Waals surface area (Å²) in [6, 6.07) is 5.31. The van der Waals surface area contributed by atoms with E-state index in [1.165, 1.54) is 24.7 Å². The van der Waals surface area contributed by atoms with Crippen molar-refractivity contribution in [2.75, 3.05) is 18.8 Å². The van der Waals surface area contributed by atoms with E-state index in [9.17, 15) is 13.2 Å². The maximum atomic E-state index is 12.7. The van der Waals surface area contributed by atoms with Crippen LogP contribution < -0.4 is 10.6 Å². The zero-order chi connectivity index (χ0) is 16.7. The Morgan fingerprint density at radius 1 is 1.35 bits per heavy atom. The SMILES string of the molecule is CCNC(=NCc1cccc(C(F)(F)F)c1)NCC1CCCS1. The van der Waals surface area contributed by atoms with Gasteiger partial charge in [-0.25, -0.2) is 4.99 Å². The molecule has 3 nitrogen and oxygen atoms in total. The molecule has 0 aromatic heterocycles. The third-order valence-electron chi connectivity index (χ3n) is 3.54. The van der Waals surface area contributed by atoms with Crippen molar-refractivity contribution >= 4 is 17.7 Å². The van der Waals surface area contributed by atoms with E-state index in [4.69, 9.17) is 0 Å². The second kappa shape index (κ2) is 8.47. The maximum absolute atomic E-state index is 12.7. The molecule has 1 saturated heterocycles. The van der Waals surface area contributed by atoms with Gasteiger partial charge < -0.3 is 10.6 Å². The van der Waals surface area contributed by atoms with Gasteiger partial charge in [-0.1, -0.05) is 12.1 Å². The van der Waals surface area contributed by atoms with Crippen LogP contribution in [0.1, 0.15) is 30.9 Å². The van der Waals surface area contributed by atoms with Crippen LogP contribution in [-0.4, -0.2) is 30.1 Å². The monoisotopic (exact) mass is 345 g/mol. The molecule has 1 atom stereocenters. The van der Waals surface area contributed by atoms with Crippen molar-refractivity contribution in [3.63, 3.8) is 0 Å². The second-order valence-electron chi connectivity index (χ2n) is 5.41. The van der Waals surface area contributed by atoms with Gasteiger partial charge in [0.25, 0.3) is 0 Å². The summed E-state index contributed by atoms with van der Waals surface area (Å²) in [7, 11) is 0. The average molecular weight is 345 g/mol. The van der Waals surface area contributed by atoms with Gasteiger partial charge in [0.05, 0.1) is 12.1 Å². The second-order valence-corrected chi connectivity index (χ2v) is 6.82. The van der Waals surface area contributed by atoms with E-state index in [2.05, 4.69) is 15.6 Å². The van der Waals surface area contributed by atoms with E-state index in [0.29, 0.717) is 23.3 Å². The summed E-state index contributed by atoms with van der Waals surface area (Å²) in [4.78, 5) is 4.39. The molecule has 1 unspecified atom stereocenters. The first-order valence-electron chi connectivity index (χ1n) is 7.79. The smallest absolute Gasteiger partial charge is 0.357 e. The number of hydrogen-bond acceptors (Lipinski definition) is 2. The Kier molecular flexibility index (Phi) is 6.62. The predicted molar refractivity (Wildman–Crippen MR) is 89.7 cm³/mol. The molecule has 2 N–H and O–H groups in total. The van der Waals surface area contributed by atoms with Crippen LogP contribution in [0, 0.1) is 0 Å². The van der Waals surface area contributed by atoms with Crippen molar-refractivity contribution in [2.24, 2.45) is 4.99 Å². The molecule has 1 aromatic carbocycles. The number of hydrogen-bond donors (Lipinski definition) is 2. The number of rotatable bonds is 5. The topological polar surface area (TPSA) is 36.4 Å². The van der Waals surface area contributed by atoms with E-state index >= 15 is 0 Å². The molecule has 0 bridgehead atoms. The normalized spacial score (nSPS) is 19.0. The highest BCUT2D eigenvalue weighted by Gasteiger charge is 2.30. The molecule has 0 aliphatic carbocycles. The van der Waals surface area contributed by atoms with Crippen molar-refractivity contribution in [3.8, 4) is 0 Å². The first-order chi connectivity index (χ1) is 11.0. The van der Waals surface area contributed by atoms with E-state index in [0.717, 1.165) is 18.7 Å². The summed E-state index contributed by atoms with van der Waals surface area (Å²) in [6.45, 7) is 3.73. The summed E-state index contributed by atoms with van der Waals surface area (Å²) in [5.74, 6) is 1.85. The molecule has 2 rings (SSSR count). The fraction of sp³-hybridized carbons (Fsp3) is 0.562. The molecule has 1 fully saturated rings. The number of nitrogens with one attached hydrogen (secondary N) is 2. The van der Waals surface area contributed by atoms with Crippen LogP contribution >= 0.6 is 11.8 Å². The van der Waals surface area contributed by atoms with Crippen LogP contribution in [0.15, 0.2) is 29.3 Å². The molecule has 23 heavy (non-hydrogen) atoms. The van der Waals surface area contributed by atoms with E-state index in [-0.39, 0.29) is 6.54 Å². The van der Waals surface area contributed by atoms with Crippen molar-refractivity contribution in [2.45, 2.75) is 37.7 Å². The lowest BCUT2D eigenvalue weighted by Gasteiger charge is -2.14. The number of benzene rings is 1. The maximum Gasteiger partial charge on any atom is 0.416 e. The minimum Gasteiger partial charge on any atom is -0.357 e. The number of alkyl halides is 3. The minimum absolute atomic E-state index is 0.219. The molecule has 0 radical (unpaired) electrons. The van der Waals surface area contributed by atoms with Crippen LogP contribution in [0.25, 0.3) is 0 Å². The molecular weight excluding hydrogens is 323 g/mol. The molecule has 7 heteroatoms. The van der Waals surface area contributed by atoms with Crippen molar-refractivity contribution in [1.82, 2.24) is 10.6 Å². The van der Waals surface area contributed by atoms with Crippen LogP contribution in [0.5, 0.6) is 0 Å². The van der Waals surface area contributed by atoms with Crippen LogP contribution in [-0.2, 0) is 12.7 Å². The molecule has 0 saturated carbocycles. The Hall–Kier alpha value is -1.37. The molecule has 0 spiro atoms. The molecule has 1 aromatic rings. The highest BCUT2D eigenvalue weighted by Crippen LogP contribution is 2.29. The molecule has 0 amide bonds. The van der Waals surface area contributed by atoms with Crippen LogP contribution in [0.2, 0.25) is 0 Å². The number of halogens is 3. The van der Waals surface area contributed by atoms with Gasteiger partial charge in [0.2, 0.25) is 0 Å². The van der Waals surface area contributed by atoms with Crippen molar-refractivity contribution < 1.29 is 13.2 Å². The summed E-state index contributed by atoms with van der Waals surface area (Å²) in [5, 5.41) is 6.99. The molecule has 1 aliphatic rings. The van der Waals surface area contributed by atoms with Crippen LogP contribution in [0.3, 0.4) is 0 Å². The minimum atomic E-state index is -4.32. The van der Waals surface area contributed by atoms with Gasteiger partial charge in [-0.3, -0.25) is 0 Å². The van der Waals surface area contributed by atoms with E-state index < -0.39 is 11.7 Å². The summed E-state index contributed by atoms with van der Waals surface area (Å²) in [5.41, 5.74) is -0.0854. The Morgan fingerprint density at radius 3 is 2.83 bits per heavy atom. The Morgan fingerprint density at radius 2 is 2.17 bits per heavy atom. The third-order valence-corrected chi connectivity index (χ3v) is 4.94. The third kappa shape index (κ3) is 5.97. The fourth-order valence-electron chi connectivity index (χ4n) is 2.37. The fourth-order valence-corrected chi connectivity index (χ4v) is 3.58. The lowest BCUT2D eigenvalue weighted by molar-refractivity contribution is -0.137. The molecular formula is C16H22F3N3S. The highest BCUT2D eigenvalue weighted by molar-refractivity contribution is 8.00. The molecule has 1 heterocycles. The van der Waals surface area contributed by atoms with Gasteiger partial charge in [-0.05, 0) is 43.2 Å². The standard InChI is InChI=1S/C16H22F3N3S/c1-2-20-15(22-11-14-7-4-8-23-14)21-10-12-5-3-6-13(9-12)16(17,18)19/h3,5-6,9,14H,2,4,7-8,10-11H2,1H3,(H2,20,21,22). The van der Waals surface area contributed by atoms with Gasteiger partial charge in [0.1, 0.15) is 0 Å². The average Bonchev–Trinajstić information content (AvgIpc) is 3.03. The predicted octanol–water partition coefficient (Wildman–Crippen LogP) is 3.66. The van der Waals surface area contributed by atoms with Gasteiger partial charge in [0.15, 0.2) is 5.96 Å². The lowest BCUT2D eigenvalue weighted by Crippen LogP contribution is -2.40. The van der Waals surface area contributed by atoms with Crippen molar-refractivity contribution in [1.29, 1.82) is 0 Å². The number of guanidine groups is 1. The molecule has 1 aliphatic heterocycles. The number of nitrogens with zero attached hydrogens (tertiary/aromatic N) is 1. The van der Waals surface area contributed by atoms with Gasteiger partial charge in [-0.15, -0.1) is 0 Å². The Bertz CT molecular complexity index is 526. The van der Waals surface area contributed by atoms with Gasteiger partial charge in [0, 0.05) is 18.3 Å². The summed E-state index contributed by atoms with van der Waals surface area (Å²) in [6.07, 6.45) is -1.87. The Labute approximate surface area is 139 Å². The summed E-state index contributed by atoms with van der Waals surface area (Å²) < 4.78 is 38.2. The van der Waals surface area contributed by atoms with Crippen LogP contribution in [0.4, 0.5) is 13.2 Å².